The highest BCUT2D eigenvalue weighted by Gasteiger charge is 2.34. The number of amides is 1. The summed E-state index contributed by atoms with van der Waals surface area (Å²) in [4.78, 5) is 14.8. The third-order valence-corrected chi connectivity index (χ3v) is 4.58. The van der Waals surface area contributed by atoms with Crippen molar-refractivity contribution in [2.75, 3.05) is 26.2 Å². The molecule has 2 aliphatic heterocycles. The lowest BCUT2D eigenvalue weighted by Crippen LogP contribution is -2.51. The quantitative estimate of drug-likeness (QED) is 0.908. The van der Waals surface area contributed by atoms with E-state index in [2.05, 4.69) is 24.4 Å². The molecule has 4 nitrogen and oxygen atoms in total. The van der Waals surface area contributed by atoms with Gasteiger partial charge in [0.25, 0.3) is 0 Å². The molecule has 1 amide bonds. The van der Waals surface area contributed by atoms with E-state index in [4.69, 9.17) is 4.74 Å². The predicted molar refractivity (Wildman–Crippen MR) is 89.2 cm³/mol. The number of carbonyl (C=O) groups excluding carboxylic acids is 1. The normalized spacial score (nSPS) is 26.3. The maximum absolute atomic E-state index is 12.8. The van der Waals surface area contributed by atoms with Crippen LogP contribution in [0.4, 0.5) is 0 Å². The van der Waals surface area contributed by atoms with E-state index in [0.717, 1.165) is 31.5 Å². The van der Waals surface area contributed by atoms with Gasteiger partial charge in [-0.25, -0.2) is 0 Å². The van der Waals surface area contributed by atoms with Crippen LogP contribution in [0.2, 0.25) is 0 Å². The van der Waals surface area contributed by atoms with Gasteiger partial charge in [-0.3, -0.25) is 4.79 Å². The maximum atomic E-state index is 12.8. The highest BCUT2D eigenvalue weighted by atomic mass is 35.5. The Bertz CT molecular complexity index is 477. The lowest BCUT2D eigenvalue weighted by atomic mass is 9.95. The summed E-state index contributed by atoms with van der Waals surface area (Å²) in [6, 6.07) is 10.4. The number of rotatable bonds is 2. The van der Waals surface area contributed by atoms with Gasteiger partial charge in [0, 0.05) is 5.92 Å². The van der Waals surface area contributed by atoms with E-state index < -0.39 is 0 Å². The van der Waals surface area contributed by atoms with Crippen molar-refractivity contribution in [3.05, 3.63) is 35.9 Å². The zero-order valence-corrected chi connectivity index (χ0v) is 13.8. The summed E-state index contributed by atoms with van der Waals surface area (Å²) in [7, 11) is 0. The Morgan fingerprint density at radius 3 is 2.59 bits per heavy atom. The van der Waals surface area contributed by atoms with Crippen molar-refractivity contribution in [3.8, 4) is 0 Å². The minimum absolute atomic E-state index is 0. The van der Waals surface area contributed by atoms with E-state index in [1.165, 1.54) is 0 Å². The number of nitrogens with zero attached hydrogens (tertiary/aromatic N) is 1. The van der Waals surface area contributed by atoms with Gasteiger partial charge in [-0.1, -0.05) is 30.3 Å². The van der Waals surface area contributed by atoms with Crippen molar-refractivity contribution in [1.82, 2.24) is 10.2 Å². The third kappa shape index (κ3) is 3.80. The van der Waals surface area contributed by atoms with Crippen molar-refractivity contribution in [1.29, 1.82) is 0 Å². The smallest absolute Gasteiger partial charge is 0.226 e. The number of hydrogen-bond acceptors (Lipinski definition) is 3. The molecule has 0 saturated carbocycles. The van der Waals surface area contributed by atoms with Gasteiger partial charge in [-0.2, -0.15) is 0 Å². The van der Waals surface area contributed by atoms with Crippen LogP contribution in [0.25, 0.3) is 0 Å². The Kier molecular flexibility index (Phi) is 6.24. The zero-order valence-electron chi connectivity index (χ0n) is 13.0. The zero-order chi connectivity index (χ0) is 14.7. The molecule has 1 aromatic rings. The summed E-state index contributed by atoms with van der Waals surface area (Å²) in [5.41, 5.74) is 1.16. The Morgan fingerprint density at radius 2 is 1.91 bits per heavy atom. The predicted octanol–water partition coefficient (Wildman–Crippen LogP) is 2.40. The fourth-order valence-corrected chi connectivity index (χ4v) is 3.24. The molecule has 2 saturated heterocycles. The molecule has 5 heteroatoms. The summed E-state index contributed by atoms with van der Waals surface area (Å²) in [5.74, 6) is 0.497. The molecular weight excluding hydrogens is 300 g/mol. The van der Waals surface area contributed by atoms with E-state index in [9.17, 15) is 4.79 Å². The molecule has 1 aromatic carbocycles. The molecule has 3 rings (SSSR count). The third-order valence-electron chi connectivity index (χ3n) is 4.58. The van der Waals surface area contributed by atoms with E-state index in [1.807, 2.05) is 23.1 Å². The van der Waals surface area contributed by atoms with Gasteiger partial charge in [-0.15, -0.1) is 12.4 Å². The highest BCUT2D eigenvalue weighted by Crippen LogP contribution is 2.27. The molecule has 122 valence electrons. The first-order chi connectivity index (χ1) is 10.3. The fraction of sp³-hybridized carbons (Fsp3) is 0.588. The summed E-state index contributed by atoms with van der Waals surface area (Å²) >= 11 is 0. The van der Waals surface area contributed by atoms with Crippen LogP contribution in [-0.2, 0) is 9.53 Å². The number of carbonyl (C=O) groups is 1. The Hall–Kier alpha value is -1.10. The van der Waals surface area contributed by atoms with E-state index >= 15 is 0 Å². The number of benzene rings is 1. The van der Waals surface area contributed by atoms with E-state index in [0.29, 0.717) is 19.1 Å². The Labute approximate surface area is 138 Å². The van der Waals surface area contributed by atoms with Gasteiger partial charge < -0.3 is 15.0 Å². The van der Waals surface area contributed by atoms with Crippen LogP contribution in [0, 0.1) is 5.92 Å². The van der Waals surface area contributed by atoms with Crippen molar-refractivity contribution >= 4 is 18.3 Å². The molecule has 2 unspecified atom stereocenters. The fourth-order valence-electron chi connectivity index (χ4n) is 3.24. The standard InChI is InChI=1S/C17H24N2O2.ClH/c1-13-12-21-16(14-5-3-2-4-6-14)11-19(13)17(20)15-7-9-18-10-8-15;/h2-6,13,15-16,18H,7-12H2,1H3;1H. The largest absolute Gasteiger partial charge is 0.370 e. The summed E-state index contributed by atoms with van der Waals surface area (Å²) < 4.78 is 5.94. The van der Waals surface area contributed by atoms with Gasteiger partial charge in [0.15, 0.2) is 0 Å². The average molecular weight is 325 g/mol. The second-order valence-electron chi connectivity index (χ2n) is 6.10. The second kappa shape index (κ2) is 7.95. The molecule has 0 aliphatic carbocycles. The van der Waals surface area contributed by atoms with Crippen molar-refractivity contribution in [2.45, 2.75) is 31.9 Å². The number of morpholine rings is 1. The van der Waals surface area contributed by atoms with Crippen LogP contribution in [0.3, 0.4) is 0 Å². The molecule has 1 N–H and O–H groups in total. The monoisotopic (exact) mass is 324 g/mol. The van der Waals surface area contributed by atoms with Crippen LogP contribution in [0.5, 0.6) is 0 Å². The molecule has 22 heavy (non-hydrogen) atoms. The van der Waals surface area contributed by atoms with Crippen molar-refractivity contribution in [2.24, 2.45) is 5.92 Å². The topological polar surface area (TPSA) is 41.6 Å². The highest BCUT2D eigenvalue weighted by molar-refractivity contribution is 5.85. The number of hydrogen-bond donors (Lipinski definition) is 1. The van der Waals surface area contributed by atoms with Crippen molar-refractivity contribution < 1.29 is 9.53 Å². The first kappa shape index (κ1) is 17.3. The first-order valence-corrected chi connectivity index (χ1v) is 7.93. The molecule has 0 spiro atoms. The summed E-state index contributed by atoms with van der Waals surface area (Å²) in [5, 5.41) is 3.32. The van der Waals surface area contributed by atoms with Crippen LogP contribution >= 0.6 is 12.4 Å². The van der Waals surface area contributed by atoms with Crippen LogP contribution in [-0.4, -0.2) is 43.1 Å². The van der Waals surface area contributed by atoms with E-state index in [1.54, 1.807) is 0 Å². The molecule has 2 aliphatic rings. The second-order valence-corrected chi connectivity index (χ2v) is 6.10. The number of nitrogens with one attached hydrogen (secondary N) is 1. The van der Waals surface area contributed by atoms with Gasteiger partial charge in [0.1, 0.15) is 6.10 Å². The lowest BCUT2D eigenvalue weighted by Gasteiger charge is -2.40. The minimum Gasteiger partial charge on any atom is -0.370 e. The molecule has 2 atom stereocenters. The van der Waals surface area contributed by atoms with Crippen LogP contribution in [0.15, 0.2) is 30.3 Å². The molecule has 2 heterocycles. The Morgan fingerprint density at radius 1 is 1.23 bits per heavy atom. The number of halogens is 1. The SMILES string of the molecule is CC1COC(c2ccccc2)CN1C(=O)C1CCNCC1.Cl. The first-order valence-electron chi connectivity index (χ1n) is 7.93. The molecule has 0 radical (unpaired) electrons. The van der Waals surface area contributed by atoms with Gasteiger partial charge in [-0.05, 0) is 38.4 Å². The minimum atomic E-state index is 0. The summed E-state index contributed by atoms with van der Waals surface area (Å²) in [6.07, 6.45) is 1.92. The van der Waals surface area contributed by atoms with Crippen LogP contribution < -0.4 is 5.32 Å². The molecule has 2 fully saturated rings. The molecule has 0 aromatic heterocycles. The molecule has 0 bridgehead atoms. The number of piperidine rings is 1. The van der Waals surface area contributed by atoms with Crippen LogP contribution in [0.1, 0.15) is 31.4 Å². The van der Waals surface area contributed by atoms with E-state index in [-0.39, 0.29) is 30.5 Å². The van der Waals surface area contributed by atoms with Gasteiger partial charge in [0.05, 0.1) is 19.2 Å². The maximum Gasteiger partial charge on any atom is 0.226 e. The van der Waals surface area contributed by atoms with Crippen molar-refractivity contribution in [3.63, 3.8) is 0 Å². The molecular formula is C17H25ClN2O2. The van der Waals surface area contributed by atoms with Gasteiger partial charge >= 0.3 is 0 Å². The average Bonchev–Trinajstić information content (AvgIpc) is 2.56. The lowest BCUT2D eigenvalue weighted by molar-refractivity contribution is -0.149. The Balaban J connectivity index is 0.00000176. The number of ether oxygens (including phenoxy) is 1. The summed E-state index contributed by atoms with van der Waals surface area (Å²) in [6.45, 7) is 5.29. The van der Waals surface area contributed by atoms with Gasteiger partial charge in [0.2, 0.25) is 5.91 Å².